The summed E-state index contributed by atoms with van der Waals surface area (Å²) in [6.45, 7) is 1.13. The van der Waals surface area contributed by atoms with E-state index in [0.29, 0.717) is 6.42 Å². The largest absolute Gasteiger partial charge is 0.435 e. The van der Waals surface area contributed by atoms with E-state index >= 15 is 0 Å². The van der Waals surface area contributed by atoms with Gasteiger partial charge in [-0.2, -0.15) is 8.78 Å². The maximum Gasteiger partial charge on any atom is 0.387 e. The summed E-state index contributed by atoms with van der Waals surface area (Å²) in [7, 11) is 0. The first-order valence-electron chi connectivity index (χ1n) is 5.77. The van der Waals surface area contributed by atoms with Gasteiger partial charge < -0.3 is 10.1 Å². The number of ether oxygens (including phenoxy) is 1. The molecule has 0 aliphatic heterocycles. The molecule has 1 rings (SSSR count). The van der Waals surface area contributed by atoms with Crippen molar-refractivity contribution in [1.29, 1.82) is 0 Å². The first kappa shape index (κ1) is 14.5. The highest BCUT2D eigenvalue weighted by Gasteiger charge is 2.11. The Morgan fingerprint density at radius 3 is 2.72 bits per heavy atom. The number of hydrogen-bond acceptors (Lipinski definition) is 2. The first-order chi connectivity index (χ1) is 8.52. The molecule has 18 heavy (non-hydrogen) atoms. The third kappa shape index (κ3) is 4.72. The Balaban J connectivity index is 2.68. The Hall–Kier alpha value is -1.60. The van der Waals surface area contributed by atoms with E-state index in [2.05, 4.69) is 16.0 Å². The molecule has 0 spiro atoms. The van der Waals surface area contributed by atoms with Crippen molar-refractivity contribution in [2.24, 2.45) is 0 Å². The molecule has 0 bridgehead atoms. The normalized spacial score (nSPS) is 14.0. The maximum atomic E-state index is 12.1. The van der Waals surface area contributed by atoms with Crippen LogP contribution < -0.4 is 10.1 Å². The predicted molar refractivity (Wildman–Crippen MR) is 67.5 cm³/mol. The van der Waals surface area contributed by atoms with Crippen molar-refractivity contribution >= 4 is 0 Å². The summed E-state index contributed by atoms with van der Waals surface area (Å²) in [5, 5.41) is 3.29. The van der Waals surface area contributed by atoms with E-state index in [9.17, 15) is 8.78 Å². The zero-order valence-corrected chi connectivity index (χ0v) is 10.5. The van der Waals surface area contributed by atoms with Crippen molar-refractivity contribution in [2.45, 2.75) is 39.0 Å². The molecule has 1 N–H and O–H groups in total. The third-order valence-electron chi connectivity index (χ3n) is 2.54. The molecule has 4 heteroatoms. The third-order valence-corrected chi connectivity index (χ3v) is 2.54. The van der Waals surface area contributed by atoms with E-state index in [1.165, 1.54) is 6.07 Å². The van der Waals surface area contributed by atoms with Gasteiger partial charge in [0.25, 0.3) is 0 Å². The standard InChI is InChI=1S/C14H17F2NO/c1-4-6-10(2)17-11(3)12-7-5-8-13(9-12)18-14(15)16/h1,5,7-11,14,17H,6H2,2-3H3. The molecule has 2 nitrogen and oxygen atoms in total. The summed E-state index contributed by atoms with van der Waals surface area (Å²) in [6.07, 6.45) is 5.85. The van der Waals surface area contributed by atoms with Crippen LogP contribution in [-0.2, 0) is 0 Å². The lowest BCUT2D eigenvalue weighted by Gasteiger charge is -2.19. The van der Waals surface area contributed by atoms with Gasteiger partial charge >= 0.3 is 6.61 Å². The van der Waals surface area contributed by atoms with Gasteiger partial charge in [-0.1, -0.05) is 12.1 Å². The monoisotopic (exact) mass is 253 g/mol. The van der Waals surface area contributed by atoms with E-state index < -0.39 is 6.61 Å². The topological polar surface area (TPSA) is 21.3 Å². The minimum absolute atomic E-state index is 0.0228. The van der Waals surface area contributed by atoms with Crippen LogP contribution in [0.4, 0.5) is 8.78 Å². The van der Waals surface area contributed by atoms with Gasteiger partial charge in [0.15, 0.2) is 0 Å². The smallest absolute Gasteiger partial charge is 0.387 e. The van der Waals surface area contributed by atoms with Gasteiger partial charge in [-0.3, -0.25) is 0 Å². The second-order valence-corrected chi connectivity index (χ2v) is 4.15. The zero-order chi connectivity index (χ0) is 13.5. The number of benzene rings is 1. The first-order valence-corrected chi connectivity index (χ1v) is 5.77. The van der Waals surface area contributed by atoms with Crippen LogP contribution in [0.3, 0.4) is 0 Å². The van der Waals surface area contributed by atoms with Crippen LogP contribution in [0.2, 0.25) is 0 Å². The predicted octanol–water partition coefficient (Wildman–Crippen LogP) is 3.35. The number of hydrogen-bond donors (Lipinski definition) is 1. The van der Waals surface area contributed by atoms with Gasteiger partial charge in [0, 0.05) is 18.5 Å². The van der Waals surface area contributed by atoms with E-state index in [1.54, 1.807) is 12.1 Å². The number of halogens is 2. The van der Waals surface area contributed by atoms with E-state index in [1.807, 2.05) is 19.9 Å². The molecule has 0 heterocycles. The summed E-state index contributed by atoms with van der Waals surface area (Å²) < 4.78 is 28.6. The van der Waals surface area contributed by atoms with Crippen LogP contribution in [0, 0.1) is 12.3 Å². The van der Waals surface area contributed by atoms with Crippen LogP contribution in [0.1, 0.15) is 31.9 Å². The lowest BCUT2D eigenvalue weighted by atomic mass is 10.1. The fraction of sp³-hybridized carbons (Fsp3) is 0.429. The number of terminal acetylenes is 1. The molecule has 0 fully saturated rings. The second-order valence-electron chi connectivity index (χ2n) is 4.15. The molecule has 1 aromatic carbocycles. The molecular formula is C14H17F2NO. The van der Waals surface area contributed by atoms with Gasteiger partial charge in [-0.05, 0) is 31.5 Å². The highest BCUT2D eigenvalue weighted by molar-refractivity contribution is 5.30. The van der Waals surface area contributed by atoms with Gasteiger partial charge in [0.05, 0.1) is 0 Å². The average molecular weight is 253 g/mol. The Bertz CT molecular complexity index is 415. The molecule has 98 valence electrons. The van der Waals surface area contributed by atoms with Gasteiger partial charge in [0.2, 0.25) is 0 Å². The van der Waals surface area contributed by atoms with Crippen molar-refractivity contribution < 1.29 is 13.5 Å². The minimum atomic E-state index is -2.80. The molecule has 0 aliphatic rings. The molecule has 0 saturated heterocycles. The maximum absolute atomic E-state index is 12.1. The summed E-state index contributed by atoms with van der Waals surface area (Å²) >= 11 is 0. The zero-order valence-electron chi connectivity index (χ0n) is 10.5. The SMILES string of the molecule is C#CCC(C)NC(C)c1cccc(OC(F)F)c1. The summed E-state index contributed by atoms with van der Waals surface area (Å²) in [6, 6.07) is 6.86. The molecule has 0 amide bonds. The fourth-order valence-corrected chi connectivity index (χ4v) is 1.72. The highest BCUT2D eigenvalue weighted by Crippen LogP contribution is 2.21. The van der Waals surface area contributed by atoms with Crippen LogP contribution in [0.15, 0.2) is 24.3 Å². The molecule has 1 aromatic rings. The fourth-order valence-electron chi connectivity index (χ4n) is 1.72. The lowest BCUT2D eigenvalue weighted by Crippen LogP contribution is -2.28. The van der Waals surface area contributed by atoms with Crippen molar-refractivity contribution in [3.8, 4) is 18.1 Å². The highest BCUT2D eigenvalue weighted by atomic mass is 19.3. The van der Waals surface area contributed by atoms with Gasteiger partial charge in [0.1, 0.15) is 5.75 Å². The second kappa shape index (κ2) is 6.97. The number of nitrogens with one attached hydrogen (secondary N) is 1. The molecule has 0 aromatic heterocycles. The van der Waals surface area contributed by atoms with Crippen LogP contribution in [-0.4, -0.2) is 12.7 Å². The Morgan fingerprint density at radius 2 is 2.11 bits per heavy atom. The van der Waals surface area contributed by atoms with Gasteiger partial charge in [-0.15, -0.1) is 12.3 Å². The molecule has 0 saturated carbocycles. The van der Waals surface area contributed by atoms with E-state index in [-0.39, 0.29) is 17.8 Å². The quantitative estimate of drug-likeness (QED) is 0.785. The van der Waals surface area contributed by atoms with Crippen molar-refractivity contribution in [3.63, 3.8) is 0 Å². The van der Waals surface area contributed by atoms with Crippen molar-refractivity contribution in [3.05, 3.63) is 29.8 Å². The Kier molecular flexibility index (Phi) is 5.60. The number of alkyl halides is 2. The molecule has 2 atom stereocenters. The minimum Gasteiger partial charge on any atom is -0.435 e. The number of rotatable bonds is 6. The van der Waals surface area contributed by atoms with Gasteiger partial charge in [-0.25, -0.2) is 0 Å². The molecular weight excluding hydrogens is 236 g/mol. The molecule has 0 aliphatic carbocycles. The lowest BCUT2D eigenvalue weighted by molar-refractivity contribution is -0.0499. The van der Waals surface area contributed by atoms with Crippen LogP contribution in [0.5, 0.6) is 5.75 Å². The van der Waals surface area contributed by atoms with E-state index in [0.717, 1.165) is 5.56 Å². The van der Waals surface area contributed by atoms with Crippen LogP contribution in [0.25, 0.3) is 0 Å². The molecule has 0 radical (unpaired) electrons. The van der Waals surface area contributed by atoms with E-state index in [4.69, 9.17) is 6.42 Å². The van der Waals surface area contributed by atoms with Crippen molar-refractivity contribution in [1.82, 2.24) is 5.32 Å². The Labute approximate surface area is 106 Å². The van der Waals surface area contributed by atoms with Crippen molar-refractivity contribution in [2.75, 3.05) is 0 Å². The average Bonchev–Trinajstić information content (AvgIpc) is 2.28. The summed E-state index contributed by atoms with van der Waals surface area (Å²) in [5.41, 5.74) is 0.886. The molecule has 2 unspecified atom stereocenters. The Morgan fingerprint density at radius 1 is 1.39 bits per heavy atom. The summed E-state index contributed by atoms with van der Waals surface area (Å²) in [5.74, 6) is 2.74. The van der Waals surface area contributed by atoms with Crippen LogP contribution >= 0.6 is 0 Å². The summed E-state index contributed by atoms with van der Waals surface area (Å²) in [4.78, 5) is 0.